The van der Waals surface area contributed by atoms with Crippen LogP contribution < -0.4 is 14.2 Å². The van der Waals surface area contributed by atoms with Crippen molar-refractivity contribution >= 4 is 23.5 Å². The molecule has 2 aromatic carbocycles. The van der Waals surface area contributed by atoms with Gasteiger partial charge in [-0.2, -0.15) is 0 Å². The first-order valence-corrected chi connectivity index (χ1v) is 9.14. The highest BCUT2D eigenvalue weighted by Crippen LogP contribution is 2.35. The molecule has 2 heterocycles. The zero-order valence-corrected chi connectivity index (χ0v) is 15.3. The Morgan fingerprint density at radius 3 is 2.44 bits per heavy atom. The second-order valence-corrected chi connectivity index (χ2v) is 6.95. The lowest BCUT2D eigenvalue weighted by Gasteiger charge is -2.31. The Kier molecular flexibility index (Phi) is 4.90. The molecule has 0 N–H and O–H groups in total. The van der Waals surface area contributed by atoms with Gasteiger partial charge >= 0.3 is 5.97 Å². The van der Waals surface area contributed by atoms with Crippen LogP contribution in [0.2, 0.25) is 5.02 Å². The highest BCUT2D eigenvalue weighted by molar-refractivity contribution is 6.30. The van der Waals surface area contributed by atoms with Crippen LogP contribution in [0, 0.1) is 5.92 Å². The van der Waals surface area contributed by atoms with E-state index in [2.05, 4.69) is 0 Å². The number of carbonyl (C=O) groups is 2. The molecule has 6 nitrogen and oxygen atoms in total. The maximum absolute atomic E-state index is 12.5. The molecule has 0 aliphatic carbocycles. The second-order valence-electron chi connectivity index (χ2n) is 6.51. The largest absolute Gasteiger partial charge is 0.454 e. The number of piperidine rings is 1. The van der Waals surface area contributed by atoms with Gasteiger partial charge in [0.2, 0.25) is 6.79 Å². The van der Waals surface area contributed by atoms with Crippen molar-refractivity contribution in [1.82, 2.24) is 4.90 Å². The average molecular weight is 388 g/mol. The molecule has 7 heteroatoms. The van der Waals surface area contributed by atoms with Crippen molar-refractivity contribution in [3.8, 4) is 17.2 Å². The van der Waals surface area contributed by atoms with Gasteiger partial charge in [-0.15, -0.1) is 0 Å². The number of esters is 1. The molecule has 0 saturated carbocycles. The van der Waals surface area contributed by atoms with E-state index in [4.69, 9.17) is 25.8 Å². The molecule has 0 atom stereocenters. The molecule has 0 spiro atoms. The maximum atomic E-state index is 12.5. The summed E-state index contributed by atoms with van der Waals surface area (Å²) in [5.41, 5.74) is 0.598. The van der Waals surface area contributed by atoms with Gasteiger partial charge in [0.05, 0.1) is 5.92 Å². The van der Waals surface area contributed by atoms with Crippen molar-refractivity contribution in [2.75, 3.05) is 19.9 Å². The van der Waals surface area contributed by atoms with Gasteiger partial charge in [0.1, 0.15) is 5.75 Å². The third-order valence-electron chi connectivity index (χ3n) is 4.77. The lowest BCUT2D eigenvalue weighted by molar-refractivity contribution is -0.140. The van der Waals surface area contributed by atoms with Crippen LogP contribution in [-0.4, -0.2) is 36.7 Å². The molecule has 0 bridgehead atoms. The van der Waals surface area contributed by atoms with Crippen LogP contribution in [0.5, 0.6) is 17.2 Å². The summed E-state index contributed by atoms with van der Waals surface area (Å²) in [5.74, 6) is 1.09. The van der Waals surface area contributed by atoms with Crippen LogP contribution in [0.25, 0.3) is 0 Å². The first-order chi connectivity index (χ1) is 13.1. The summed E-state index contributed by atoms with van der Waals surface area (Å²) < 4.78 is 16.0. The van der Waals surface area contributed by atoms with Crippen molar-refractivity contribution < 1.29 is 23.8 Å². The van der Waals surface area contributed by atoms with Gasteiger partial charge in [-0.1, -0.05) is 11.6 Å². The van der Waals surface area contributed by atoms with Gasteiger partial charge in [-0.25, -0.2) is 0 Å². The molecule has 4 rings (SSSR count). The number of halogens is 1. The highest BCUT2D eigenvalue weighted by atomic mass is 35.5. The number of rotatable bonds is 3. The Morgan fingerprint density at radius 2 is 1.70 bits per heavy atom. The van der Waals surface area contributed by atoms with E-state index in [-0.39, 0.29) is 24.6 Å². The zero-order valence-electron chi connectivity index (χ0n) is 14.5. The topological polar surface area (TPSA) is 65.1 Å². The maximum Gasteiger partial charge on any atom is 0.314 e. The number of hydrogen-bond acceptors (Lipinski definition) is 5. The summed E-state index contributed by atoms with van der Waals surface area (Å²) in [5, 5.41) is 0.594. The van der Waals surface area contributed by atoms with Crippen LogP contribution in [0.3, 0.4) is 0 Å². The molecule has 1 saturated heterocycles. The molecule has 1 fully saturated rings. The lowest BCUT2D eigenvalue weighted by atomic mass is 9.96. The number of benzene rings is 2. The molecule has 0 aromatic heterocycles. The van der Waals surface area contributed by atoms with E-state index in [1.54, 1.807) is 47.4 Å². The molecule has 2 aromatic rings. The summed E-state index contributed by atoms with van der Waals surface area (Å²) >= 11 is 5.86. The summed E-state index contributed by atoms with van der Waals surface area (Å²) in [6.45, 7) is 1.21. The molecular formula is C20H18ClNO5. The van der Waals surface area contributed by atoms with Crippen LogP contribution in [-0.2, 0) is 4.79 Å². The van der Waals surface area contributed by atoms with E-state index in [9.17, 15) is 9.59 Å². The van der Waals surface area contributed by atoms with Crippen molar-refractivity contribution in [3.05, 3.63) is 53.1 Å². The van der Waals surface area contributed by atoms with Crippen LogP contribution in [0.15, 0.2) is 42.5 Å². The first-order valence-electron chi connectivity index (χ1n) is 8.76. The second kappa shape index (κ2) is 7.48. The first kappa shape index (κ1) is 17.7. The predicted octanol–water partition coefficient (Wildman–Crippen LogP) is 3.53. The van der Waals surface area contributed by atoms with Crippen LogP contribution in [0.1, 0.15) is 23.2 Å². The minimum atomic E-state index is -0.285. The van der Waals surface area contributed by atoms with Crippen LogP contribution in [0.4, 0.5) is 0 Å². The average Bonchev–Trinajstić information content (AvgIpc) is 3.16. The monoisotopic (exact) mass is 387 g/mol. The Hall–Kier alpha value is -2.73. The van der Waals surface area contributed by atoms with Gasteiger partial charge < -0.3 is 19.1 Å². The molecular weight excluding hydrogens is 370 g/mol. The minimum absolute atomic E-state index is 0.0470. The van der Waals surface area contributed by atoms with Crippen LogP contribution >= 0.6 is 11.6 Å². The normalized spacial score (nSPS) is 16.3. The number of nitrogens with zero attached hydrogens (tertiary/aromatic N) is 1. The highest BCUT2D eigenvalue weighted by Gasteiger charge is 2.29. The Balaban J connectivity index is 1.32. The summed E-state index contributed by atoms with van der Waals surface area (Å²) in [6, 6.07) is 11.9. The number of fused-ring (bicyclic) bond motifs is 1. The fourth-order valence-corrected chi connectivity index (χ4v) is 3.36. The van der Waals surface area contributed by atoms with Gasteiger partial charge in [0.15, 0.2) is 11.5 Å². The number of likely N-dealkylation sites (tertiary alicyclic amines) is 1. The fraction of sp³-hybridized carbons (Fsp3) is 0.300. The standard InChI is InChI=1S/C20H18ClNO5/c21-15-3-1-13(2-4-15)19(23)22-9-7-14(8-10-22)20(24)27-16-5-6-17-18(11-16)26-12-25-17/h1-6,11,14H,7-10,12H2. The fourth-order valence-electron chi connectivity index (χ4n) is 3.23. The van der Waals surface area contributed by atoms with Gasteiger partial charge in [0, 0.05) is 29.7 Å². The molecule has 0 unspecified atom stereocenters. The summed E-state index contributed by atoms with van der Waals surface area (Å²) in [6.07, 6.45) is 1.14. The van der Waals surface area contributed by atoms with Crippen molar-refractivity contribution in [3.63, 3.8) is 0 Å². The van der Waals surface area contributed by atoms with Crippen molar-refractivity contribution in [2.45, 2.75) is 12.8 Å². The van der Waals surface area contributed by atoms with E-state index in [1.165, 1.54) is 0 Å². The molecule has 2 aliphatic rings. The third kappa shape index (κ3) is 3.85. The molecule has 140 valence electrons. The van der Waals surface area contributed by atoms with Crippen molar-refractivity contribution in [1.29, 1.82) is 0 Å². The molecule has 2 aliphatic heterocycles. The number of ether oxygens (including phenoxy) is 3. The van der Waals surface area contributed by atoms with E-state index in [0.717, 1.165) is 0 Å². The lowest BCUT2D eigenvalue weighted by Crippen LogP contribution is -2.41. The minimum Gasteiger partial charge on any atom is -0.454 e. The van der Waals surface area contributed by atoms with Crippen molar-refractivity contribution in [2.24, 2.45) is 5.92 Å². The molecule has 27 heavy (non-hydrogen) atoms. The third-order valence-corrected chi connectivity index (χ3v) is 5.02. The predicted molar refractivity (Wildman–Crippen MR) is 98.3 cm³/mol. The number of amides is 1. The summed E-state index contributed by atoms with van der Waals surface area (Å²) in [4.78, 5) is 26.7. The smallest absolute Gasteiger partial charge is 0.314 e. The Bertz CT molecular complexity index is 859. The quantitative estimate of drug-likeness (QED) is 0.595. The van der Waals surface area contributed by atoms with Gasteiger partial charge in [-0.3, -0.25) is 9.59 Å². The molecule has 1 amide bonds. The van der Waals surface area contributed by atoms with Gasteiger partial charge in [-0.05, 0) is 49.2 Å². The Morgan fingerprint density at radius 1 is 1.00 bits per heavy atom. The number of hydrogen-bond donors (Lipinski definition) is 0. The zero-order chi connectivity index (χ0) is 18.8. The van der Waals surface area contributed by atoms with E-state index in [0.29, 0.717) is 53.8 Å². The summed E-state index contributed by atoms with van der Waals surface area (Å²) in [7, 11) is 0. The van der Waals surface area contributed by atoms with E-state index >= 15 is 0 Å². The SMILES string of the molecule is O=C(Oc1ccc2c(c1)OCO2)C1CCN(C(=O)c2ccc(Cl)cc2)CC1. The van der Waals surface area contributed by atoms with E-state index < -0.39 is 0 Å². The van der Waals surface area contributed by atoms with E-state index in [1.807, 2.05) is 0 Å². The number of carbonyl (C=O) groups excluding carboxylic acids is 2. The molecule has 0 radical (unpaired) electrons. The van der Waals surface area contributed by atoms with Gasteiger partial charge in [0.25, 0.3) is 5.91 Å². The Labute approximate surface area is 161 Å².